The summed E-state index contributed by atoms with van der Waals surface area (Å²) in [7, 11) is 0. The fourth-order valence-corrected chi connectivity index (χ4v) is 4.50. The van der Waals surface area contributed by atoms with Crippen molar-refractivity contribution in [1.82, 2.24) is 10.2 Å². The largest absolute Gasteiger partial charge is 0.454 e. The second kappa shape index (κ2) is 10.7. The van der Waals surface area contributed by atoms with Crippen molar-refractivity contribution in [2.75, 3.05) is 49.7 Å². The number of rotatable bonds is 6. The van der Waals surface area contributed by atoms with Crippen molar-refractivity contribution in [1.29, 1.82) is 0 Å². The Morgan fingerprint density at radius 2 is 1.58 bits per heavy atom. The zero-order chi connectivity index (χ0) is 24.9. The second-order valence-electron chi connectivity index (χ2n) is 8.66. The Morgan fingerprint density at radius 3 is 2.33 bits per heavy atom. The number of carbonyl (C=O) groups excluding carboxylic acids is 2. The predicted octanol–water partition coefficient (Wildman–Crippen LogP) is 3.17. The zero-order valence-corrected chi connectivity index (χ0v) is 19.7. The van der Waals surface area contributed by atoms with Gasteiger partial charge in [0.05, 0.1) is 6.04 Å². The number of hydrogen-bond donors (Lipinski definition) is 2. The summed E-state index contributed by atoms with van der Waals surface area (Å²) >= 11 is 0. The van der Waals surface area contributed by atoms with Gasteiger partial charge in [-0.25, -0.2) is 4.39 Å². The van der Waals surface area contributed by atoms with Gasteiger partial charge in [0.2, 0.25) is 6.79 Å². The van der Waals surface area contributed by atoms with E-state index in [9.17, 15) is 14.0 Å². The Morgan fingerprint density at radius 1 is 0.861 bits per heavy atom. The third-order valence-corrected chi connectivity index (χ3v) is 6.42. The highest BCUT2D eigenvalue weighted by atomic mass is 19.1. The molecule has 0 saturated carbocycles. The number of amides is 2. The zero-order valence-electron chi connectivity index (χ0n) is 19.7. The molecule has 3 aromatic carbocycles. The molecule has 1 saturated heterocycles. The van der Waals surface area contributed by atoms with Crippen molar-refractivity contribution in [3.8, 4) is 11.5 Å². The van der Waals surface area contributed by atoms with Gasteiger partial charge in [-0.2, -0.15) is 0 Å². The van der Waals surface area contributed by atoms with Crippen LogP contribution in [0.2, 0.25) is 0 Å². The molecule has 5 rings (SSSR count). The van der Waals surface area contributed by atoms with Gasteiger partial charge in [-0.05, 0) is 54.1 Å². The number of fused-ring (bicyclic) bond motifs is 1. The van der Waals surface area contributed by atoms with E-state index in [1.54, 1.807) is 0 Å². The lowest BCUT2D eigenvalue weighted by molar-refractivity contribution is -0.136. The van der Waals surface area contributed by atoms with Gasteiger partial charge in [-0.1, -0.05) is 24.3 Å². The van der Waals surface area contributed by atoms with E-state index in [0.717, 1.165) is 31.7 Å². The molecule has 0 aliphatic carbocycles. The van der Waals surface area contributed by atoms with Crippen LogP contribution in [0.15, 0.2) is 72.8 Å². The number of piperazine rings is 1. The van der Waals surface area contributed by atoms with E-state index in [-0.39, 0.29) is 19.4 Å². The van der Waals surface area contributed by atoms with Crippen LogP contribution in [0.5, 0.6) is 11.5 Å². The molecule has 8 nitrogen and oxygen atoms in total. The summed E-state index contributed by atoms with van der Waals surface area (Å²) in [5.74, 6) is -0.626. The first-order valence-corrected chi connectivity index (χ1v) is 11.9. The van der Waals surface area contributed by atoms with Gasteiger partial charge >= 0.3 is 11.8 Å². The van der Waals surface area contributed by atoms with Gasteiger partial charge in [0.15, 0.2) is 11.5 Å². The lowest BCUT2D eigenvalue weighted by Gasteiger charge is -2.40. The third-order valence-electron chi connectivity index (χ3n) is 6.42. The first-order chi connectivity index (χ1) is 17.6. The normalized spacial score (nSPS) is 15.9. The summed E-state index contributed by atoms with van der Waals surface area (Å²) in [6.07, 6.45) is 0. The standard InChI is InChI=1S/C27H27FN4O4/c28-20-7-9-21(10-8-20)30-27(34)26(33)29-17-23(19-6-11-24-25(16-19)36-18-35-24)32-14-12-31(13-15-32)22-4-2-1-3-5-22/h1-11,16,23H,12-15,17-18H2,(H,29,33)(H,30,34)/t23-/m0/s1. The second-order valence-corrected chi connectivity index (χ2v) is 8.66. The van der Waals surface area contributed by atoms with Crippen molar-refractivity contribution >= 4 is 23.2 Å². The molecule has 2 N–H and O–H groups in total. The van der Waals surface area contributed by atoms with Crippen LogP contribution in [0.3, 0.4) is 0 Å². The van der Waals surface area contributed by atoms with Crippen LogP contribution in [-0.4, -0.2) is 56.2 Å². The number of para-hydroxylation sites is 1. The highest BCUT2D eigenvalue weighted by Gasteiger charge is 2.28. The van der Waals surface area contributed by atoms with Gasteiger partial charge in [-0.15, -0.1) is 0 Å². The van der Waals surface area contributed by atoms with E-state index < -0.39 is 17.6 Å². The average Bonchev–Trinajstić information content (AvgIpc) is 3.39. The van der Waals surface area contributed by atoms with Crippen LogP contribution >= 0.6 is 0 Å². The number of anilines is 2. The summed E-state index contributed by atoms with van der Waals surface area (Å²) < 4.78 is 24.1. The first kappa shape index (κ1) is 23.6. The van der Waals surface area contributed by atoms with E-state index in [0.29, 0.717) is 17.2 Å². The molecule has 0 bridgehead atoms. The first-order valence-electron chi connectivity index (χ1n) is 11.9. The van der Waals surface area contributed by atoms with E-state index >= 15 is 0 Å². The molecule has 0 aromatic heterocycles. The number of ether oxygens (including phenoxy) is 2. The fourth-order valence-electron chi connectivity index (χ4n) is 4.50. The number of nitrogens with zero attached hydrogens (tertiary/aromatic N) is 2. The molecule has 2 heterocycles. The number of nitrogens with one attached hydrogen (secondary N) is 2. The van der Waals surface area contributed by atoms with E-state index in [1.807, 2.05) is 36.4 Å². The van der Waals surface area contributed by atoms with Crippen molar-refractivity contribution in [3.63, 3.8) is 0 Å². The van der Waals surface area contributed by atoms with Crippen molar-refractivity contribution < 1.29 is 23.5 Å². The molecule has 3 aromatic rings. The predicted molar refractivity (Wildman–Crippen MR) is 134 cm³/mol. The van der Waals surface area contributed by atoms with Gasteiger partial charge < -0.3 is 25.0 Å². The molecule has 0 spiro atoms. The Bertz CT molecular complexity index is 1210. The quantitative estimate of drug-likeness (QED) is 0.517. The Hall–Kier alpha value is -4.11. The molecule has 9 heteroatoms. The van der Waals surface area contributed by atoms with E-state index in [2.05, 4.69) is 32.6 Å². The number of hydrogen-bond acceptors (Lipinski definition) is 6. The fraction of sp³-hybridized carbons (Fsp3) is 0.259. The molecular formula is C27H27FN4O4. The van der Waals surface area contributed by atoms with Gasteiger partial charge in [-0.3, -0.25) is 14.5 Å². The summed E-state index contributed by atoms with van der Waals surface area (Å²) in [6, 6.07) is 21.1. The molecular weight excluding hydrogens is 463 g/mol. The van der Waals surface area contributed by atoms with Crippen LogP contribution in [0.25, 0.3) is 0 Å². The summed E-state index contributed by atoms with van der Waals surface area (Å²) in [6.45, 7) is 3.66. The lowest BCUT2D eigenvalue weighted by atomic mass is 10.0. The van der Waals surface area contributed by atoms with Gasteiger partial charge in [0, 0.05) is 44.1 Å². The van der Waals surface area contributed by atoms with Gasteiger partial charge in [0.1, 0.15) is 5.82 Å². The highest BCUT2D eigenvalue weighted by Crippen LogP contribution is 2.35. The molecule has 186 valence electrons. The number of benzene rings is 3. The van der Waals surface area contributed by atoms with Crippen LogP contribution < -0.4 is 25.0 Å². The molecule has 2 aliphatic heterocycles. The Kier molecular flexibility index (Phi) is 6.99. The molecule has 2 aliphatic rings. The highest BCUT2D eigenvalue weighted by molar-refractivity contribution is 6.39. The maximum absolute atomic E-state index is 13.1. The number of carbonyl (C=O) groups is 2. The van der Waals surface area contributed by atoms with Crippen LogP contribution in [0, 0.1) is 5.82 Å². The molecule has 36 heavy (non-hydrogen) atoms. The van der Waals surface area contributed by atoms with Crippen LogP contribution in [-0.2, 0) is 9.59 Å². The Labute approximate surface area is 208 Å². The maximum Gasteiger partial charge on any atom is 0.313 e. The van der Waals surface area contributed by atoms with Crippen molar-refractivity contribution in [3.05, 3.63) is 84.2 Å². The molecule has 1 fully saturated rings. The Balaban J connectivity index is 1.27. The van der Waals surface area contributed by atoms with Crippen LogP contribution in [0.1, 0.15) is 11.6 Å². The summed E-state index contributed by atoms with van der Waals surface area (Å²) in [5.41, 5.74) is 2.50. The van der Waals surface area contributed by atoms with E-state index in [1.165, 1.54) is 30.0 Å². The van der Waals surface area contributed by atoms with Gasteiger partial charge in [0.25, 0.3) is 0 Å². The molecule has 2 amide bonds. The molecule has 1 atom stereocenters. The number of halogens is 1. The average molecular weight is 491 g/mol. The molecule has 0 radical (unpaired) electrons. The smallest absolute Gasteiger partial charge is 0.313 e. The SMILES string of the molecule is O=C(NC[C@@H](c1ccc2c(c1)OCO2)N1CCN(c2ccccc2)CC1)C(=O)Nc1ccc(F)cc1. The van der Waals surface area contributed by atoms with Crippen molar-refractivity contribution in [2.45, 2.75) is 6.04 Å². The molecule has 0 unspecified atom stereocenters. The minimum absolute atomic E-state index is 0.167. The van der Waals surface area contributed by atoms with Crippen molar-refractivity contribution in [2.24, 2.45) is 0 Å². The topological polar surface area (TPSA) is 83.1 Å². The maximum atomic E-state index is 13.1. The third kappa shape index (κ3) is 5.41. The van der Waals surface area contributed by atoms with Crippen LogP contribution in [0.4, 0.5) is 15.8 Å². The van der Waals surface area contributed by atoms with E-state index in [4.69, 9.17) is 9.47 Å². The summed E-state index contributed by atoms with van der Waals surface area (Å²) in [4.78, 5) is 29.6. The summed E-state index contributed by atoms with van der Waals surface area (Å²) in [5, 5.41) is 5.26. The minimum Gasteiger partial charge on any atom is -0.454 e. The monoisotopic (exact) mass is 490 g/mol. The lowest BCUT2D eigenvalue weighted by Crippen LogP contribution is -2.50. The minimum atomic E-state index is -0.806.